The summed E-state index contributed by atoms with van der Waals surface area (Å²) in [5.74, 6) is 1.08. The van der Waals surface area contributed by atoms with Crippen LogP contribution in [0.25, 0.3) is 0 Å². The third-order valence-electron chi connectivity index (χ3n) is 1.54. The fraction of sp³-hybridized carbons (Fsp3) is 0.778. The van der Waals surface area contributed by atoms with Crippen LogP contribution < -0.4 is 0 Å². The summed E-state index contributed by atoms with van der Waals surface area (Å²) in [4.78, 5) is 0. The zero-order chi connectivity index (χ0) is 8.15. The molecular formula is C9H18O. The van der Waals surface area contributed by atoms with Crippen molar-refractivity contribution in [1.29, 1.82) is 0 Å². The molecule has 0 fully saturated rings. The summed E-state index contributed by atoms with van der Waals surface area (Å²) in [7, 11) is 0. The average molecular weight is 142 g/mol. The van der Waals surface area contributed by atoms with Crippen LogP contribution in [0.3, 0.4) is 0 Å². The Balaban J connectivity index is 3.92. The van der Waals surface area contributed by atoms with Crippen LogP contribution in [0.1, 0.15) is 41.0 Å². The van der Waals surface area contributed by atoms with E-state index in [4.69, 9.17) is 4.74 Å². The molecule has 0 aromatic heterocycles. The van der Waals surface area contributed by atoms with Gasteiger partial charge in [-0.25, -0.2) is 0 Å². The van der Waals surface area contributed by atoms with Crippen molar-refractivity contribution in [1.82, 2.24) is 0 Å². The van der Waals surface area contributed by atoms with Gasteiger partial charge < -0.3 is 4.74 Å². The van der Waals surface area contributed by atoms with Gasteiger partial charge in [-0.3, -0.25) is 0 Å². The van der Waals surface area contributed by atoms with Crippen molar-refractivity contribution >= 4 is 0 Å². The predicted molar refractivity (Wildman–Crippen MR) is 44.9 cm³/mol. The Bertz CT molecular complexity index is 123. The molecule has 0 heterocycles. The van der Waals surface area contributed by atoms with Gasteiger partial charge in [0.2, 0.25) is 0 Å². The minimum absolute atomic E-state index is 0.307. The smallest absolute Gasteiger partial charge is 0.0926 e. The first kappa shape index (κ1) is 9.54. The van der Waals surface area contributed by atoms with E-state index in [1.165, 1.54) is 5.57 Å². The Morgan fingerprint density at radius 1 is 1.30 bits per heavy atom. The first-order valence-corrected chi connectivity index (χ1v) is 3.91. The quantitative estimate of drug-likeness (QED) is 0.550. The van der Waals surface area contributed by atoms with Crippen molar-refractivity contribution in [2.24, 2.45) is 0 Å². The maximum atomic E-state index is 5.48. The number of hydrogen-bond donors (Lipinski definition) is 0. The van der Waals surface area contributed by atoms with Crippen LogP contribution in [0.4, 0.5) is 0 Å². The van der Waals surface area contributed by atoms with E-state index in [-0.39, 0.29) is 0 Å². The number of hydrogen-bond acceptors (Lipinski definition) is 1. The van der Waals surface area contributed by atoms with Gasteiger partial charge >= 0.3 is 0 Å². The molecule has 0 aromatic rings. The van der Waals surface area contributed by atoms with Gasteiger partial charge in [0, 0.05) is 0 Å². The Hall–Kier alpha value is -0.460. The first-order chi connectivity index (χ1) is 4.57. The molecule has 0 spiro atoms. The van der Waals surface area contributed by atoms with E-state index >= 15 is 0 Å². The van der Waals surface area contributed by atoms with E-state index in [2.05, 4.69) is 13.8 Å². The van der Waals surface area contributed by atoms with Gasteiger partial charge in [0.05, 0.1) is 11.9 Å². The van der Waals surface area contributed by atoms with E-state index in [0.29, 0.717) is 6.10 Å². The highest BCUT2D eigenvalue weighted by Crippen LogP contribution is 2.10. The van der Waals surface area contributed by atoms with Gasteiger partial charge in [-0.1, -0.05) is 6.92 Å². The third-order valence-corrected chi connectivity index (χ3v) is 1.54. The molecule has 0 unspecified atom stereocenters. The second kappa shape index (κ2) is 4.37. The highest BCUT2D eigenvalue weighted by molar-refractivity contribution is 5.02. The van der Waals surface area contributed by atoms with E-state index < -0.39 is 0 Å². The molecule has 0 aliphatic rings. The summed E-state index contributed by atoms with van der Waals surface area (Å²) in [5.41, 5.74) is 1.34. The summed E-state index contributed by atoms with van der Waals surface area (Å²) in [6, 6.07) is 0. The van der Waals surface area contributed by atoms with Gasteiger partial charge in [0.1, 0.15) is 0 Å². The van der Waals surface area contributed by atoms with Gasteiger partial charge in [0.15, 0.2) is 0 Å². The lowest BCUT2D eigenvalue weighted by Crippen LogP contribution is -2.01. The lowest BCUT2D eigenvalue weighted by molar-refractivity contribution is 0.146. The summed E-state index contributed by atoms with van der Waals surface area (Å²) in [6.45, 7) is 10.4. The van der Waals surface area contributed by atoms with Crippen molar-refractivity contribution in [3.05, 3.63) is 11.3 Å². The van der Waals surface area contributed by atoms with Crippen molar-refractivity contribution in [3.8, 4) is 0 Å². The predicted octanol–water partition coefficient (Wildman–Crippen LogP) is 3.12. The Morgan fingerprint density at radius 3 is 2.10 bits per heavy atom. The minimum atomic E-state index is 0.307. The highest BCUT2D eigenvalue weighted by atomic mass is 16.5. The van der Waals surface area contributed by atoms with Crippen LogP contribution in [0, 0.1) is 0 Å². The molecule has 0 rings (SSSR count). The molecule has 0 saturated carbocycles. The summed E-state index contributed by atoms with van der Waals surface area (Å²) in [6.07, 6.45) is 1.39. The molecule has 0 bridgehead atoms. The molecule has 0 amide bonds. The normalized spacial score (nSPS) is 13.4. The van der Waals surface area contributed by atoms with Crippen LogP contribution in [-0.2, 0) is 4.74 Å². The Kier molecular flexibility index (Phi) is 4.17. The molecule has 1 heteroatoms. The van der Waals surface area contributed by atoms with E-state index in [9.17, 15) is 0 Å². The van der Waals surface area contributed by atoms with Crippen molar-refractivity contribution in [2.75, 3.05) is 0 Å². The maximum absolute atomic E-state index is 5.48. The second-order valence-electron chi connectivity index (χ2n) is 2.86. The van der Waals surface area contributed by atoms with E-state index in [1.54, 1.807) is 0 Å². The largest absolute Gasteiger partial charge is 0.496 e. The van der Waals surface area contributed by atoms with Crippen LogP contribution in [0.2, 0.25) is 0 Å². The van der Waals surface area contributed by atoms with Crippen LogP contribution in [-0.4, -0.2) is 6.10 Å². The number of allylic oxidation sites excluding steroid dienone is 2. The van der Waals surface area contributed by atoms with Crippen LogP contribution in [0.15, 0.2) is 11.3 Å². The molecule has 0 saturated heterocycles. The fourth-order valence-corrected chi connectivity index (χ4v) is 0.703. The molecule has 60 valence electrons. The lowest BCUT2D eigenvalue weighted by atomic mass is 10.2. The molecule has 0 atom stereocenters. The monoisotopic (exact) mass is 142 g/mol. The van der Waals surface area contributed by atoms with Gasteiger partial charge in [0.25, 0.3) is 0 Å². The standard InChI is InChI=1S/C9H18O/c1-6-8(4)9(5)10-7(2)3/h7H,6H2,1-5H3. The third kappa shape index (κ3) is 3.54. The minimum Gasteiger partial charge on any atom is -0.496 e. The van der Waals surface area contributed by atoms with Crippen molar-refractivity contribution in [2.45, 2.75) is 47.1 Å². The van der Waals surface area contributed by atoms with Gasteiger partial charge in [-0.05, 0) is 39.7 Å². The number of rotatable bonds is 3. The molecule has 0 radical (unpaired) electrons. The molecule has 0 aliphatic carbocycles. The van der Waals surface area contributed by atoms with Crippen molar-refractivity contribution < 1.29 is 4.74 Å². The molecule has 10 heavy (non-hydrogen) atoms. The average Bonchev–Trinajstić information content (AvgIpc) is 1.85. The van der Waals surface area contributed by atoms with Gasteiger partial charge in [-0.15, -0.1) is 0 Å². The highest BCUT2D eigenvalue weighted by Gasteiger charge is 1.97. The van der Waals surface area contributed by atoms with Crippen molar-refractivity contribution in [3.63, 3.8) is 0 Å². The first-order valence-electron chi connectivity index (χ1n) is 3.91. The molecular weight excluding hydrogens is 124 g/mol. The lowest BCUT2D eigenvalue weighted by Gasteiger charge is -2.11. The number of ether oxygens (including phenoxy) is 1. The maximum Gasteiger partial charge on any atom is 0.0926 e. The summed E-state index contributed by atoms with van der Waals surface area (Å²) >= 11 is 0. The Labute approximate surface area is 64.1 Å². The summed E-state index contributed by atoms with van der Waals surface area (Å²) in [5, 5.41) is 0. The molecule has 1 nitrogen and oxygen atoms in total. The SMILES string of the molecule is CCC(C)=C(C)OC(C)C. The van der Waals surface area contributed by atoms with Gasteiger partial charge in [-0.2, -0.15) is 0 Å². The zero-order valence-electron chi connectivity index (χ0n) is 7.69. The topological polar surface area (TPSA) is 9.23 Å². The van der Waals surface area contributed by atoms with Crippen LogP contribution in [0.5, 0.6) is 0 Å². The van der Waals surface area contributed by atoms with E-state index in [0.717, 1.165) is 12.2 Å². The second-order valence-corrected chi connectivity index (χ2v) is 2.86. The van der Waals surface area contributed by atoms with E-state index in [1.807, 2.05) is 20.8 Å². The Morgan fingerprint density at radius 2 is 1.80 bits per heavy atom. The molecule has 0 aromatic carbocycles. The van der Waals surface area contributed by atoms with Crippen LogP contribution >= 0.6 is 0 Å². The fourth-order valence-electron chi connectivity index (χ4n) is 0.703. The molecule has 0 N–H and O–H groups in total. The summed E-state index contributed by atoms with van der Waals surface area (Å²) < 4.78 is 5.48. The zero-order valence-corrected chi connectivity index (χ0v) is 7.69. The molecule has 0 aliphatic heterocycles.